The lowest BCUT2D eigenvalue weighted by Gasteiger charge is -2.12. The zero-order valence-corrected chi connectivity index (χ0v) is 16.8. The van der Waals surface area contributed by atoms with Gasteiger partial charge < -0.3 is 14.8 Å². The van der Waals surface area contributed by atoms with Gasteiger partial charge in [0.2, 0.25) is 0 Å². The Balaban J connectivity index is 1.39. The zero-order chi connectivity index (χ0) is 18.8. The summed E-state index contributed by atoms with van der Waals surface area (Å²) in [5.41, 5.74) is 2.30. The van der Waals surface area contributed by atoms with Crippen molar-refractivity contribution < 1.29 is 9.84 Å². The van der Waals surface area contributed by atoms with Crippen molar-refractivity contribution in [2.75, 3.05) is 12.4 Å². The molecule has 0 amide bonds. The lowest BCUT2D eigenvalue weighted by atomic mass is 9.97. The van der Waals surface area contributed by atoms with Crippen molar-refractivity contribution in [3.8, 4) is 5.75 Å². The van der Waals surface area contributed by atoms with E-state index < -0.39 is 6.10 Å². The first kappa shape index (κ1) is 18.5. The van der Waals surface area contributed by atoms with E-state index in [2.05, 4.69) is 9.97 Å². The molecule has 1 aliphatic rings. The van der Waals surface area contributed by atoms with Gasteiger partial charge in [-0.1, -0.05) is 29.5 Å². The molecular formula is C20H22N2O3S2. The summed E-state index contributed by atoms with van der Waals surface area (Å²) in [6.07, 6.45) is 3.71. The smallest absolute Gasteiger partial charge is 0.260 e. The summed E-state index contributed by atoms with van der Waals surface area (Å²) < 4.78 is 5.61. The molecule has 27 heavy (non-hydrogen) atoms. The second-order valence-corrected chi connectivity index (χ2v) is 8.94. The Hall–Kier alpha value is -1.83. The lowest BCUT2D eigenvalue weighted by Crippen LogP contribution is -2.20. The number of aromatic nitrogens is 2. The first-order valence-corrected chi connectivity index (χ1v) is 11.0. The predicted molar refractivity (Wildman–Crippen MR) is 110 cm³/mol. The Morgan fingerprint density at radius 3 is 2.89 bits per heavy atom. The number of nitrogens with zero attached hydrogens (tertiary/aromatic N) is 1. The maximum absolute atomic E-state index is 12.5. The van der Waals surface area contributed by atoms with Gasteiger partial charge in [0.05, 0.1) is 11.5 Å². The molecule has 5 nitrogen and oxygen atoms in total. The summed E-state index contributed by atoms with van der Waals surface area (Å²) in [6, 6.07) is 7.73. The van der Waals surface area contributed by atoms with E-state index in [1.165, 1.54) is 34.2 Å². The van der Waals surface area contributed by atoms with Crippen molar-refractivity contribution in [3.63, 3.8) is 0 Å². The Morgan fingerprint density at radius 2 is 2.07 bits per heavy atom. The van der Waals surface area contributed by atoms with Gasteiger partial charge in [0, 0.05) is 10.6 Å². The van der Waals surface area contributed by atoms with Crippen LogP contribution in [0.4, 0.5) is 0 Å². The highest BCUT2D eigenvalue weighted by Gasteiger charge is 2.20. The van der Waals surface area contributed by atoms with Gasteiger partial charge in [0.25, 0.3) is 5.56 Å². The summed E-state index contributed by atoms with van der Waals surface area (Å²) in [6.45, 7) is 2.22. The third-order valence-corrected chi connectivity index (χ3v) is 6.88. The standard InChI is InChI=1S/C20H22N2O3S2/c1-12-6-8-14(9-7-12)25-10-13(23)11-26-20-21-18(24)17-15-4-2-3-5-16(15)27-19(17)22-20/h6-9,13,23H,2-5,10-11H2,1H3,(H,21,22,24)/t13-/m1/s1. The number of aliphatic hydroxyl groups excluding tert-OH is 1. The van der Waals surface area contributed by atoms with E-state index in [4.69, 9.17) is 4.74 Å². The average Bonchev–Trinajstić information content (AvgIpc) is 3.05. The third kappa shape index (κ3) is 4.20. The van der Waals surface area contributed by atoms with Gasteiger partial charge in [-0.3, -0.25) is 4.79 Å². The Morgan fingerprint density at radius 1 is 1.30 bits per heavy atom. The van der Waals surface area contributed by atoms with Gasteiger partial charge >= 0.3 is 0 Å². The highest BCUT2D eigenvalue weighted by atomic mass is 32.2. The minimum atomic E-state index is -0.645. The summed E-state index contributed by atoms with van der Waals surface area (Å²) in [7, 11) is 0. The van der Waals surface area contributed by atoms with Crippen molar-refractivity contribution in [3.05, 3.63) is 50.6 Å². The van der Waals surface area contributed by atoms with E-state index in [9.17, 15) is 9.90 Å². The minimum absolute atomic E-state index is 0.0627. The molecule has 1 aromatic carbocycles. The fourth-order valence-corrected chi connectivity index (χ4v) is 5.35. The zero-order valence-electron chi connectivity index (χ0n) is 15.2. The minimum Gasteiger partial charge on any atom is -0.491 e. The third-order valence-electron chi connectivity index (χ3n) is 4.68. The van der Waals surface area contributed by atoms with Crippen LogP contribution in [0.5, 0.6) is 5.75 Å². The van der Waals surface area contributed by atoms with Crippen LogP contribution < -0.4 is 10.3 Å². The molecule has 7 heteroatoms. The van der Waals surface area contributed by atoms with Crippen LogP contribution in [0.3, 0.4) is 0 Å². The molecule has 0 radical (unpaired) electrons. The topological polar surface area (TPSA) is 75.2 Å². The van der Waals surface area contributed by atoms with Gasteiger partial charge in [-0.15, -0.1) is 11.3 Å². The van der Waals surface area contributed by atoms with Crippen molar-refractivity contribution in [1.82, 2.24) is 9.97 Å². The van der Waals surface area contributed by atoms with E-state index in [-0.39, 0.29) is 12.2 Å². The van der Waals surface area contributed by atoms with E-state index >= 15 is 0 Å². The van der Waals surface area contributed by atoms with Crippen LogP contribution in [0.2, 0.25) is 0 Å². The molecule has 0 bridgehead atoms. The molecule has 0 saturated carbocycles. The molecule has 3 aromatic rings. The van der Waals surface area contributed by atoms with Gasteiger partial charge in [-0.2, -0.15) is 0 Å². The highest BCUT2D eigenvalue weighted by Crippen LogP contribution is 2.34. The number of ether oxygens (including phenoxy) is 1. The molecule has 0 aliphatic heterocycles. The number of fused-ring (bicyclic) bond motifs is 3. The molecule has 142 valence electrons. The van der Waals surface area contributed by atoms with E-state index in [0.717, 1.165) is 35.2 Å². The second-order valence-electron chi connectivity index (χ2n) is 6.85. The predicted octanol–water partition coefficient (Wildman–Crippen LogP) is 3.70. The SMILES string of the molecule is Cc1ccc(OC[C@@H](O)CSc2nc3sc4c(c3c(=O)[nH]2)CCCC4)cc1. The van der Waals surface area contributed by atoms with E-state index in [0.29, 0.717) is 10.9 Å². The highest BCUT2D eigenvalue weighted by molar-refractivity contribution is 7.99. The van der Waals surface area contributed by atoms with Gasteiger partial charge in [-0.05, 0) is 50.3 Å². The maximum atomic E-state index is 12.5. The number of benzene rings is 1. The average molecular weight is 403 g/mol. The fraction of sp³-hybridized carbons (Fsp3) is 0.400. The van der Waals surface area contributed by atoms with Crippen molar-refractivity contribution >= 4 is 33.3 Å². The lowest BCUT2D eigenvalue weighted by molar-refractivity contribution is 0.126. The molecule has 0 unspecified atom stereocenters. The number of hydrogen-bond donors (Lipinski definition) is 2. The molecular weight excluding hydrogens is 380 g/mol. The molecule has 4 rings (SSSR count). The van der Waals surface area contributed by atoms with Crippen LogP contribution in [0.1, 0.15) is 28.8 Å². The number of aryl methyl sites for hydroxylation is 3. The number of H-pyrrole nitrogens is 1. The van der Waals surface area contributed by atoms with Crippen LogP contribution >= 0.6 is 23.1 Å². The second kappa shape index (κ2) is 8.04. The van der Waals surface area contributed by atoms with E-state index in [1.54, 1.807) is 11.3 Å². The summed E-state index contributed by atoms with van der Waals surface area (Å²) >= 11 is 2.99. The molecule has 0 fully saturated rings. The molecule has 1 aliphatic carbocycles. The number of hydrogen-bond acceptors (Lipinski definition) is 6. The van der Waals surface area contributed by atoms with Crippen molar-refractivity contribution in [2.24, 2.45) is 0 Å². The van der Waals surface area contributed by atoms with Crippen LogP contribution in [-0.4, -0.2) is 33.5 Å². The molecule has 2 heterocycles. The first-order valence-electron chi connectivity index (χ1n) is 9.15. The Labute approximate surface area is 165 Å². The number of nitrogens with one attached hydrogen (secondary N) is 1. The molecule has 1 atom stereocenters. The Kier molecular flexibility index (Phi) is 5.52. The number of rotatable bonds is 6. The van der Waals surface area contributed by atoms with Crippen LogP contribution in [0.15, 0.2) is 34.2 Å². The van der Waals surface area contributed by atoms with E-state index in [1.807, 2.05) is 31.2 Å². The van der Waals surface area contributed by atoms with Gasteiger partial charge in [0.1, 0.15) is 17.2 Å². The first-order chi connectivity index (χ1) is 13.1. The molecule has 2 aromatic heterocycles. The summed E-state index contributed by atoms with van der Waals surface area (Å²) in [5, 5.41) is 11.5. The van der Waals surface area contributed by atoms with Crippen LogP contribution in [0.25, 0.3) is 10.2 Å². The molecule has 2 N–H and O–H groups in total. The van der Waals surface area contributed by atoms with Crippen molar-refractivity contribution in [1.29, 1.82) is 0 Å². The quantitative estimate of drug-likeness (QED) is 0.486. The molecule has 0 spiro atoms. The maximum Gasteiger partial charge on any atom is 0.260 e. The largest absolute Gasteiger partial charge is 0.491 e. The molecule has 0 saturated heterocycles. The number of aromatic amines is 1. The number of thiophene rings is 1. The van der Waals surface area contributed by atoms with Gasteiger partial charge in [0.15, 0.2) is 5.16 Å². The normalized spacial score (nSPS) is 14.9. The monoisotopic (exact) mass is 402 g/mol. The van der Waals surface area contributed by atoms with Crippen LogP contribution in [-0.2, 0) is 12.8 Å². The van der Waals surface area contributed by atoms with Gasteiger partial charge in [-0.25, -0.2) is 4.98 Å². The summed E-state index contributed by atoms with van der Waals surface area (Å²) in [4.78, 5) is 22.1. The summed E-state index contributed by atoms with van der Waals surface area (Å²) in [5.74, 6) is 1.15. The van der Waals surface area contributed by atoms with Crippen LogP contribution in [0, 0.1) is 6.92 Å². The van der Waals surface area contributed by atoms with Crippen molar-refractivity contribution in [2.45, 2.75) is 43.9 Å². The Bertz CT molecular complexity index is 995. The number of thioether (sulfide) groups is 1. The number of aliphatic hydroxyl groups is 1. The fourth-order valence-electron chi connectivity index (χ4n) is 3.26.